The monoisotopic (exact) mass is 380 g/mol. The maximum Gasteiger partial charge on any atom is 0.273 e. The number of hydrogen-bond donors (Lipinski definition) is 0. The van der Waals surface area contributed by atoms with Crippen molar-refractivity contribution in [3.05, 3.63) is 71.5 Å². The van der Waals surface area contributed by atoms with Crippen LogP contribution in [0, 0.1) is 13.8 Å². The summed E-state index contributed by atoms with van der Waals surface area (Å²) in [7, 11) is 0. The number of thiocarbonyl (C=S) groups is 1. The number of hydrogen-bond acceptors (Lipinski definition) is 4. The lowest BCUT2D eigenvalue weighted by atomic mass is 10.1. The molecule has 0 radical (unpaired) electrons. The van der Waals surface area contributed by atoms with E-state index in [0.29, 0.717) is 18.0 Å². The fourth-order valence-corrected chi connectivity index (χ4v) is 3.09. The Bertz CT molecular complexity index is 848. The standard InChI is InChI=1S/C21H20N2O3S/c1-4-26-13-18-19(24)22(16-9-5-14(2)6-10-16)21(27)23(20(18)25)17-11-7-15(3)8-12-17/h5-13H,4H2,1-3H3. The van der Waals surface area contributed by atoms with Crippen LogP contribution in [0.5, 0.6) is 0 Å². The SMILES string of the molecule is CCOC=C1C(=O)N(c2ccc(C)cc2)C(=S)N(c2ccc(C)cc2)C1=O. The Morgan fingerprint density at radius 1 is 0.852 bits per heavy atom. The maximum absolute atomic E-state index is 13.0. The van der Waals surface area contributed by atoms with Gasteiger partial charge in [-0.25, -0.2) is 0 Å². The average molecular weight is 380 g/mol. The number of anilines is 2. The highest BCUT2D eigenvalue weighted by Gasteiger charge is 2.41. The molecular weight excluding hydrogens is 360 g/mol. The summed E-state index contributed by atoms with van der Waals surface area (Å²) < 4.78 is 5.26. The number of carbonyl (C=O) groups excluding carboxylic acids is 2. The van der Waals surface area contributed by atoms with Gasteiger partial charge in [-0.05, 0) is 57.3 Å². The molecule has 0 atom stereocenters. The van der Waals surface area contributed by atoms with Crippen molar-refractivity contribution in [2.45, 2.75) is 20.8 Å². The molecule has 1 saturated heterocycles. The summed E-state index contributed by atoms with van der Waals surface area (Å²) in [6, 6.07) is 14.8. The van der Waals surface area contributed by atoms with Crippen LogP contribution in [0.1, 0.15) is 18.1 Å². The van der Waals surface area contributed by atoms with Crippen LogP contribution in [0.4, 0.5) is 11.4 Å². The second-order valence-corrected chi connectivity index (χ2v) is 6.59. The number of rotatable bonds is 4. The molecule has 5 nitrogen and oxygen atoms in total. The first-order valence-electron chi connectivity index (χ1n) is 8.62. The van der Waals surface area contributed by atoms with Crippen molar-refractivity contribution < 1.29 is 14.3 Å². The van der Waals surface area contributed by atoms with Gasteiger partial charge < -0.3 is 4.74 Å². The minimum Gasteiger partial charge on any atom is -0.500 e. The first kappa shape index (κ1) is 18.8. The number of nitrogens with zero attached hydrogens (tertiary/aromatic N) is 2. The molecule has 0 aromatic heterocycles. The van der Waals surface area contributed by atoms with Crippen molar-refractivity contribution in [2.24, 2.45) is 0 Å². The number of amides is 2. The van der Waals surface area contributed by atoms with Gasteiger partial charge in [-0.3, -0.25) is 19.4 Å². The summed E-state index contributed by atoms with van der Waals surface area (Å²) in [5, 5.41) is 0.117. The number of benzene rings is 2. The molecule has 1 fully saturated rings. The zero-order chi connectivity index (χ0) is 19.6. The summed E-state index contributed by atoms with van der Waals surface area (Å²) >= 11 is 5.54. The summed E-state index contributed by atoms with van der Waals surface area (Å²) in [6.07, 6.45) is 1.22. The van der Waals surface area contributed by atoms with Gasteiger partial charge in [0.1, 0.15) is 11.8 Å². The van der Waals surface area contributed by atoms with Crippen molar-refractivity contribution in [3.63, 3.8) is 0 Å². The van der Waals surface area contributed by atoms with Gasteiger partial charge in [0, 0.05) is 0 Å². The predicted octanol–water partition coefficient (Wildman–Crippen LogP) is 3.89. The molecule has 1 heterocycles. The van der Waals surface area contributed by atoms with Crippen LogP contribution in [0.25, 0.3) is 0 Å². The molecule has 2 amide bonds. The first-order chi connectivity index (χ1) is 12.9. The normalized spacial score (nSPS) is 14.6. The number of ether oxygens (including phenoxy) is 1. The topological polar surface area (TPSA) is 49.9 Å². The molecule has 6 heteroatoms. The van der Waals surface area contributed by atoms with Crippen LogP contribution in [0.15, 0.2) is 60.4 Å². The third-order valence-corrected chi connectivity index (χ3v) is 4.57. The third kappa shape index (κ3) is 3.61. The van der Waals surface area contributed by atoms with Gasteiger partial charge in [-0.15, -0.1) is 0 Å². The van der Waals surface area contributed by atoms with Gasteiger partial charge in [-0.2, -0.15) is 0 Å². The Morgan fingerprint density at radius 2 is 1.26 bits per heavy atom. The highest BCUT2D eigenvalue weighted by molar-refractivity contribution is 7.81. The van der Waals surface area contributed by atoms with Gasteiger partial charge in [0.2, 0.25) is 0 Å². The average Bonchev–Trinajstić information content (AvgIpc) is 2.65. The van der Waals surface area contributed by atoms with E-state index < -0.39 is 11.8 Å². The van der Waals surface area contributed by atoms with E-state index in [1.165, 1.54) is 16.1 Å². The van der Waals surface area contributed by atoms with Crippen LogP contribution in [-0.4, -0.2) is 23.5 Å². The number of carbonyl (C=O) groups is 2. The molecule has 0 saturated carbocycles. The number of aryl methyl sites for hydroxylation is 2. The Morgan fingerprint density at radius 3 is 1.63 bits per heavy atom. The van der Waals surface area contributed by atoms with Crippen molar-refractivity contribution in [3.8, 4) is 0 Å². The largest absolute Gasteiger partial charge is 0.500 e. The molecule has 0 unspecified atom stereocenters. The van der Waals surface area contributed by atoms with Crippen LogP contribution in [-0.2, 0) is 14.3 Å². The van der Waals surface area contributed by atoms with E-state index in [9.17, 15) is 9.59 Å². The molecule has 138 valence electrons. The minimum absolute atomic E-state index is 0.0633. The Hall–Kier alpha value is -2.99. The Balaban J connectivity index is 2.11. The lowest BCUT2D eigenvalue weighted by Gasteiger charge is -2.36. The van der Waals surface area contributed by atoms with Gasteiger partial charge >= 0.3 is 0 Å². The molecule has 0 bridgehead atoms. The van der Waals surface area contributed by atoms with Gasteiger partial charge in [0.05, 0.1) is 18.0 Å². The van der Waals surface area contributed by atoms with E-state index in [1.807, 2.05) is 38.1 Å². The molecular formula is C21H20N2O3S. The van der Waals surface area contributed by atoms with Gasteiger partial charge in [0.25, 0.3) is 11.8 Å². The second kappa shape index (κ2) is 7.72. The quantitative estimate of drug-likeness (QED) is 0.349. The molecule has 3 rings (SSSR count). The lowest BCUT2D eigenvalue weighted by Crippen LogP contribution is -2.57. The van der Waals surface area contributed by atoms with Crippen molar-refractivity contribution in [2.75, 3.05) is 16.4 Å². The second-order valence-electron chi connectivity index (χ2n) is 6.22. The Kier molecular flexibility index (Phi) is 5.37. The lowest BCUT2D eigenvalue weighted by molar-refractivity contribution is -0.121. The molecule has 2 aromatic carbocycles. The maximum atomic E-state index is 13.0. The van der Waals surface area contributed by atoms with E-state index in [-0.39, 0.29) is 10.7 Å². The van der Waals surface area contributed by atoms with Gasteiger partial charge in [0.15, 0.2) is 5.11 Å². The fraction of sp³-hybridized carbons (Fsp3) is 0.190. The Labute approximate surface area is 163 Å². The van der Waals surface area contributed by atoms with Crippen LogP contribution in [0.2, 0.25) is 0 Å². The molecule has 1 aliphatic heterocycles. The van der Waals surface area contributed by atoms with E-state index in [0.717, 1.165) is 11.1 Å². The smallest absolute Gasteiger partial charge is 0.273 e. The van der Waals surface area contributed by atoms with E-state index in [4.69, 9.17) is 17.0 Å². The van der Waals surface area contributed by atoms with E-state index in [2.05, 4.69) is 0 Å². The molecule has 2 aromatic rings. The third-order valence-electron chi connectivity index (χ3n) is 4.20. The van der Waals surface area contributed by atoms with Crippen LogP contribution >= 0.6 is 12.2 Å². The highest BCUT2D eigenvalue weighted by atomic mass is 32.1. The summed E-state index contributed by atoms with van der Waals surface area (Å²) in [5.41, 5.74) is 3.26. The molecule has 0 N–H and O–H groups in total. The molecule has 27 heavy (non-hydrogen) atoms. The zero-order valence-corrected chi connectivity index (χ0v) is 16.2. The molecule has 0 spiro atoms. The summed E-state index contributed by atoms with van der Waals surface area (Å²) in [6.45, 7) is 6.06. The zero-order valence-electron chi connectivity index (χ0n) is 15.4. The van der Waals surface area contributed by atoms with Crippen molar-refractivity contribution in [1.82, 2.24) is 0 Å². The predicted molar refractivity (Wildman–Crippen MR) is 110 cm³/mol. The molecule has 1 aliphatic rings. The van der Waals surface area contributed by atoms with E-state index in [1.54, 1.807) is 31.2 Å². The highest BCUT2D eigenvalue weighted by Crippen LogP contribution is 2.29. The fourth-order valence-electron chi connectivity index (χ4n) is 2.72. The summed E-state index contributed by atoms with van der Waals surface area (Å²) in [4.78, 5) is 28.7. The summed E-state index contributed by atoms with van der Waals surface area (Å²) in [5.74, 6) is -0.990. The van der Waals surface area contributed by atoms with E-state index >= 15 is 0 Å². The first-order valence-corrected chi connectivity index (χ1v) is 9.03. The van der Waals surface area contributed by atoms with Crippen molar-refractivity contribution >= 4 is 40.5 Å². The van der Waals surface area contributed by atoms with Crippen LogP contribution < -0.4 is 9.80 Å². The van der Waals surface area contributed by atoms with Gasteiger partial charge in [-0.1, -0.05) is 35.4 Å². The van der Waals surface area contributed by atoms with Crippen LogP contribution in [0.3, 0.4) is 0 Å². The minimum atomic E-state index is -0.495. The van der Waals surface area contributed by atoms with Crippen molar-refractivity contribution in [1.29, 1.82) is 0 Å². The molecule has 0 aliphatic carbocycles.